The first-order chi connectivity index (χ1) is 10.3. The van der Waals surface area contributed by atoms with E-state index >= 15 is 0 Å². The number of likely N-dealkylation sites (N-methyl/N-ethyl adjacent to an activating group) is 1. The van der Waals surface area contributed by atoms with Crippen LogP contribution in [0.15, 0.2) is 16.8 Å². The van der Waals surface area contributed by atoms with Crippen LogP contribution in [0.2, 0.25) is 0 Å². The Bertz CT molecular complexity index is 459. The van der Waals surface area contributed by atoms with E-state index < -0.39 is 0 Å². The molecule has 0 unspecified atom stereocenters. The first-order valence-corrected chi connectivity index (χ1v) is 9.21. The number of carbonyl (C=O) groups is 1. The van der Waals surface area contributed by atoms with Gasteiger partial charge in [0.05, 0.1) is 6.42 Å². The quantitative estimate of drug-likeness (QED) is 0.835. The number of likely N-dealkylation sites (tertiary alicyclic amines) is 1. The van der Waals surface area contributed by atoms with Gasteiger partial charge in [-0.1, -0.05) is 12.8 Å². The van der Waals surface area contributed by atoms with Gasteiger partial charge in [0.25, 0.3) is 0 Å². The summed E-state index contributed by atoms with van der Waals surface area (Å²) in [5, 5.41) is 4.14. The second-order valence-electron chi connectivity index (χ2n) is 6.48. The molecule has 3 rings (SSSR count). The molecule has 1 saturated heterocycles. The lowest BCUT2D eigenvalue weighted by Crippen LogP contribution is -2.53. The van der Waals surface area contributed by atoms with Crippen molar-refractivity contribution >= 4 is 29.7 Å². The van der Waals surface area contributed by atoms with Crippen molar-refractivity contribution < 1.29 is 4.79 Å². The molecule has 0 bridgehead atoms. The number of hydrogen-bond acceptors (Lipinski definition) is 3. The standard InChI is InChI=1S/C17H26N2OS.ClH/c1-18(17(20)12-14-8-11-21-13-14)15-6-2-3-7-16(15)19-9-4-5-10-19;/h8,11,13,15-16H,2-7,9-10,12H2,1H3;1H/t15-,16+;/m1./s1. The molecule has 2 atom stereocenters. The maximum Gasteiger partial charge on any atom is 0.227 e. The van der Waals surface area contributed by atoms with Crippen molar-refractivity contribution in [2.24, 2.45) is 0 Å². The van der Waals surface area contributed by atoms with E-state index in [4.69, 9.17) is 0 Å². The third-order valence-electron chi connectivity index (χ3n) is 5.13. The van der Waals surface area contributed by atoms with Crippen molar-refractivity contribution in [1.29, 1.82) is 0 Å². The minimum Gasteiger partial charge on any atom is -0.341 e. The SMILES string of the molecule is CN(C(=O)Cc1ccsc1)[C@@H]1CCCC[C@@H]1N1CCCC1.Cl. The summed E-state index contributed by atoms with van der Waals surface area (Å²) in [5.74, 6) is 0.282. The number of amides is 1. The lowest BCUT2D eigenvalue weighted by Gasteiger charge is -2.42. The van der Waals surface area contributed by atoms with Crippen LogP contribution in [0, 0.1) is 0 Å². The van der Waals surface area contributed by atoms with Crippen LogP contribution >= 0.6 is 23.7 Å². The van der Waals surface area contributed by atoms with E-state index in [1.807, 2.05) is 7.05 Å². The van der Waals surface area contributed by atoms with Gasteiger partial charge in [-0.3, -0.25) is 9.69 Å². The largest absolute Gasteiger partial charge is 0.341 e. The number of hydrogen-bond donors (Lipinski definition) is 0. The molecule has 3 nitrogen and oxygen atoms in total. The summed E-state index contributed by atoms with van der Waals surface area (Å²) in [6.45, 7) is 2.46. The zero-order valence-electron chi connectivity index (χ0n) is 13.4. The molecule has 22 heavy (non-hydrogen) atoms. The van der Waals surface area contributed by atoms with Crippen LogP contribution in [0.1, 0.15) is 44.1 Å². The fourth-order valence-corrected chi connectivity index (χ4v) is 4.59. The highest BCUT2D eigenvalue weighted by molar-refractivity contribution is 7.07. The summed E-state index contributed by atoms with van der Waals surface area (Å²) in [5.41, 5.74) is 1.16. The molecule has 0 radical (unpaired) electrons. The van der Waals surface area contributed by atoms with E-state index in [-0.39, 0.29) is 18.3 Å². The van der Waals surface area contributed by atoms with E-state index in [1.54, 1.807) is 11.3 Å². The molecule has 5 heteroatoms. The molecular formula is C17H27ClN2OS. The van der Waals surface area contributed by atoms with Crippen LogP contribution < -0.4 is 0 Å². The van der Waals surface area contributed by atoms with E-state index in [0.717, 1.165) is 5.56 Å². The minimum absolute atomic E-state index is 0. The van der Waals surface area contributed by atoms with Crippen LogP contribution in [-0.4, -0.2) is 47.9 Å². The highest BCUT2D eigenvalue weighted by Gasteiger charge is 2.35. The Hall–Kier alpha value is -0.580. The molecule has 1 aliphatic heterocycles. The van der Waals surface area contributed by atoms with Gasteiger partial charge in [0.1, 0.15) is 0 Å². The molecule has 1 amide bonds. The van der Waals surface area contributed by atoms with Crippen LogP contribution in [0.5, 0.6) is 0 Å². The molecule has 2 aliphatic rings. The first-order valence-electron chi connectivity index (χ1n) is 8.26. The van der Waals surface area contributed by atoms with Gasteiger partial charge >= 0.3 is 0 Å². The third kappa shape index (κ3) is 4.03. The second-order valence-corrected chi connectivity index (χ2v) is 7.26. The van der Waals surface area contributed by atoms with Gasteiger partial charge in [-0.25, -0.2) is 0 Å². The molecule has 0 aromatic carbocycles. The van der Waals surface area contributed by atoms with Crippen molar-refractivity contribution in [1.82, 2.24) is 9.80 Å². The Morgan fingerprint density at radius 2 is 2.00 bits per heavy atom. The molecule has 2 heterocycles. The van der Waals surface area contributed by atoms with Crippen molar-refractivity contribution in [3.63, 3.8) is 0 Å². The summed E-state index contributed by atoms with van der Waals surface area (Å²) in [4.78, 5) is 17.3. The summed E-state index contributed by atoms with van der Waals surface area (Å²) >= 11 is 1.67. The van der Waals surface area contributed by atoms with Crippen molar-refractivity contribution in [3.8, 4) is 0 Å². The average Bonchev–Trinajstić information content (AvgIpc) is 3.19. The van der Waals surface area contributed by atoms with Gasteiger partial charge in [-0.15, -0.1) is 12.4 Å². The summed E-state index contributed by atoms with van der Waals surface area (Å²) in [6.07, 6.45) is 8.25. The molecule has 2 fully saturated rings. The van der Waals surface area contributed by atoms with Crippen LogP contribution in [0.25, 0.3) is 0 Å². The number of thiophene rings is 1. The van der Waals surface area contributed by atoms with Crippen LogP contribution in [0.4, 0.5) is 0 Å². The van der Waals surface area contributed by atoms with Gasteiger partial charge in [-0.05, 0) is 61.2 Å². The molecule has 1 aliphatic carbocycles. The first kappa shape index (κ1) is 17.8. The topological polar surface area (TPSA) is 23.6 Å². The number of rotatable bonds is 4. The maximum atomic E-state index is 12.6. The molecular weight excluding hydrogens is 316 g/mol. The molecule has 1 aromatic heterocycles. The summed E-state index contributed by atoms with van der Waals surface area (Å²) in [7, 11) is 2.02. The maximum absolute atomic E-state index is 12.6. The third-order valence-corrected chi connectivity index (χ3v) is 5.86. The normalized spacial score (nSPS) is 25.7. The highest BCUT2D eigenvalue weighted by atomic mass is 35.5. The van der Waals surface area contributed by atoms with Crippen molar-refractivity contribution in [2.75, 3.05) is 20.1 Å². The van der Waals surface area contributed by atoms with E-state index in [0.29, 0.717) is 18.5 Å². The molecule has 124 valence electrons. The fourth-order valence-electron chi connectivity index (χ4n) is 3.92. The minimum atomic E-state index is 0. The molecule has 1 aromatic rings. The lowest BCUT2D eigenvalue weighted by molar-refractivity contribution is -0.133. The summed E-state index contributed by atoms with van der Waals surface area (Å²) in [6, 6.07) is 3.08. The number of halogens is 1. The zero-order valence-corrected chi connectivity index (χ0v) is 15.0. The van der Waals surface area contributed by atoms with Gasteiger partial charge < -0.3 is 4.90 Å². The average molecular weight is 343 g/mol. The second kappa shape index (κ2) is 8.32. The monoisotopic (exact) mass is 342 g/mol. The van der Waals surface area contributed by atoms with Crippen molar-refractivity contribution in [2.45, 2.75) is 57.0 Å². The molecule has 0 N–H and O–H groups in total. The predicted octanol–water partition coefficient (Wildman–Crippen LogP) is 3.58. The predicted molar refractivity (Wildman–Crippen MR) is 94.9 cm³/mol. The zero-order chi connectivity index (χ0) is 14.7. The van der Waals surface area contributed by atoms with E-state index in [9.17, 15) is 4.79 Å². The van der Waals surface area contributed by atoms with E-state index in [1.165, 1.54) is 51.6 Å². The highest BCUT2D eigenvalue weighted by Crippen LogP contribution is 2.29. The van der Waals surface area contributed by atoms with Gasteiger partial charge in [0.15, 0.2) is 0 Å². The van der Waals surface area contributed by atoms with Crippen molar-refractivity contribution in [3.05, 3.63) is 22.4 Å². The van der Waals surface area contributed by atoms with E-state index in [2.05, 4.69) is 26.6 Å². The Morgan fingerprint density at radius 1 is 1.27 bits per heavy atom. The summed E-state index contributed by atoms with van der Waals surface area (Å²) < 4.78 is 0. The number of nitrogens with zero attached hydrogens (tertiary/aromatic N) is 2. The number of carbonyl (C=O) groups excluding carboxylic acids is 1. The lowest BCUT2D eigenvalue weighted by atomic mass is 9.88. The molecule has 0 spiro atoms. The smallest absolute Gasteiger partial charge is 0.227 e. The Morgan fingerprint density at radius 3 is 2.68 bits per heavy atom. The fraction of sp³-hybridized carbons (Fsp3) is 0.706. The Balaban J connectivity index is 0.00000176. The van der Waals surface area contributed by atoms with Crippen LogP contribution in [-0.2, 0) is 11.2 Å². The van der Waals surface area contributed by atoms with Gasteiger partial charge in [0.2, 0.25) is 5.91 Å². The Labute approximate surface area is 144 Å². The van der Waals surface area contributed by atoms with Crippen LogP contribution in [0.3, 0.4) is 0 Å². The van der Waals surface area contributed by atoms with Gasteiger partial charge in [-0.2, -0.15) is 11.3 Å². The Kier molecular flexibility index (Phi) is 6.72. The van der Waals surface area contributed by atoms with Gasteiger partial charge in [0, 0.05) is 19.1 Å². The molecule has 1 saturated carbocycles.